The van der Waals surface area contributed by atoms with Crippen LogP contribution in [0.1, 0.15) is 15.9 Å². The molecule has 0 bridgehead atoms. The molecular formula is C18H19N9O2. The number of hydrogen-bond donors (Lipinski definition) is 3. The minimum absolute atomic E-state index is 0.144. The number of fused-ring (bicyclic) bond motifs is 1. The van der Waals surface area contributed by atoms with Crippen LogP contribution in [0.2, 0.25) is 0 Å². The molecule has 0 unspecified atom stereocenters. The van der Waals surface area contributed by atoms with Gasteiger partial charge in [0.25, 0.3) is 11.5 Å². The number of nitrogens with two attached hydrogens (primary N) is 1. The topological polar surface area (TPSA) is 137 Å². The van der Waals surface area contributed by atoms with Crippen LogP contribution < -0.4 is 21.9 Å². The highest BCUT2D eigenvalue weighted by Crippen LogP contribution is 2.22. The number of aryl methyl sites for hydroxylation is 2. The van der Waals surface area contributed by atoms with Crippen LogP contribution >= 0.6 is 0 Å². The number of nitrogens with one attached hydrogen (secondary N) is 2. The van der Waals surface area contributed by atoms with E-state index in [1.807, 2.05) is 0 Å². The zero-order valence-corrected chi connectivity index (χ0v) is 16.0. The summed E-state index contributed by atoms with van der Waals surface area (Å²) in [6.45, 7) is 1.73. The fourth-order valence-corrected chi connectivity index (χ4v) is 3.04. The van der Waals surface area contributed by atoms with E-state index in [0.717, 1.165) is 0 Å². The number of amides is 1. The Labute approximate surface area is 164 Å². The number of hydrogen-bond acceptors (Lipinski definition) is 7. The lowest BCUT2D eigenvalue weighted by atomic mass is 10.2. The van der Waals surface area contributed by atoms with E-state index in [1.165, 1.54) is 15.3 Å². The standard InChI is InChI=1S/C18H19N9O2/c1-10-4-11(8-26(18(10)29)12-6-21-25(3)9-12)23-14-5-15(20-2)27-17(24-14)13(7-22-27)16(19)28/h4-9,20H,1-3H3,(H2,19,28)(H,23,24). The summed E-state index contributed by atoms with van der Waals surface area (Å²) in [6.07, 6.45) is 6.41. The molecule has 4 N–H and O–H groups in total. The van der Waals surface area contributed by atoms with E-state index in [1.54, 1.807) is 56.4 Å². The van der Waals surface area contributed by atoms with E-state index >= 15 is 0 Å². The number of carbonyl (C=O) groups is 1. The lowest BCUT2D eigenvalue weighted by Gasteiger charge is -2.12. The van der Waals surface area contributed by atoms with Crippen molar-refractivity contribution < 1.29 is 4.79 Å². The van der Waals surface area contributed by atoms with Gasteiger partial charge in [-0.1, -0.05) is 0 Å². The van der Waals surface area contributed by atoms with Gasteiger partial charge >= 0.3 is 0 Å². The van der Waals surface area contributed by atoms with Crippen molar-refractivity contribution in [2.24, 2.45) is 12.8 Å². The summed E-state index contributed by atoms with van der Waals surface area (Å²) in [5.41, 5.74) is 7.66. The second-order valence-corrected chi connectivity index (χ2v) is 6.52. The Morgan fingerprint density at radius 1 is 1.17 bits per heavy atom. The van der Waals surface area contributed by atoms with Gasteiger partial charge in [0.15, 0.2) is 5.65 Å². The first kappa shape index (κ1) is 18.2. The zero-order valence-electron chi connectivity index (χ0n) is 16.0. The van der Waals surface area contributed by atoms with Crippen LogP contribution in [0.25, 0.3) is 11.3 Å². The third kappa shape index (κ3) is 3.18. The van der Waals surface area contributed by atoms with Crippen LogP contribution in [0.3, 0.4) is 0 Å². The fourth-order valence-electron chi connectivity index (χ4n) is 3.04. The molecule has 4 aromatic heterocycles. The average Bonchev–Trinajstić information content (AvgIpc) is 3.30. The second-order valence-electron chi connectivity index (χ2n) is 6.52. The average molecular weight is 393 g/mol. The van der Waals surface area contributed by atoms with Crippen LogP contribution in [0.15, 0.2) is 41.7 Å². The van der Waals surface area contributed by atoms with Gasteiger partial charge in [-0.05, 0) is 13.0 Å². The van der Waals surface area contributed by atoms with Crippen molar-refractivity contribution in [1.29, 1.82) is 0 Å². The lowest BCUT2D eigenvalue weighted by molar-refractivity contribution is 0.100. The van der Waals surface area contributed by atoms with E-state index in [9.17, 15) is 9.59 Å². The first-order valence-electron chi connectivity index (χ1n) is 8.73. The van der Waals surface area contributed by atoms with Crippen LogP contribution in [0, 0.1) is 6.92 Å². The maximum Gasteiger partial charge on any atom is 0.258 e. The zero-order chi connectivity index (χ0) is 20.7. The number of aromatic nitrogens is 6. The summed E-state index contributed by atoms with van der Waals surface area (Å²) < 4.78 is 4.62. The van der Waals surface area contributed by atoms with Crippen molar-refractivity contribution in [3.63, 3.8) is 0 Å². The Kier molecular flexibility index (Phi) is 4.26. The van der Waals surface area contributed by atoms with Crippen molar-refractivity contribution in [3.8, 4) is 5.69 Å². The highest BCUT2D eigenvalue weighted by molar-refractivity contribution is 5.98. The van der Waals surface area contributed by atoms with Crippen molar-refractivity contribution >= 4 is 28.9 Å². The molecule has 0 aromatic carbocycles. The molecule has 0 aliphatic rings. The maximum atomic E-state index is 12.6. The monoisotopic (exact) mass is 393 g/mol. The minimum atomic E-state index is -0.618. The molecule has 148 valence electrons. The molecule has 0 aliphatic carbocycles. The third-order valence-electron chi connectivity index (χ3n) is 4.43. The van der Waals surface area contributed by atoms with Gasteiger partial charge in [0.2, 0.25) is 0 Å². The van der Waals surface area contributed by atoms with Crippen molar-refractivity contribution in [2.75, 3.05) is 17.7 Å². The summed E-state index contributed by atoms with van der Waals surface area (Å²) >= 11 is 0. The quantitative estimate of drug-likeness (QED) is 0.456. The van der Waals surface area contributed by atoms with Crippen LogP contribution in [-0.4, -0.2) is 41.9 Å². The molecule has 4 aromatic rings. The molecule has 0 aliphatic heterocycles. The summed E-state index contributed by atoms with van der Waals surface area (Å²) in [5, 5.41) is 14.5. The number of primary amides is 1. The Balaban J connectivity index is 1.81. The van der Waals surface area contributed by atoms with Crippen molar-refractivity contribution in [3.05, 3.63) is 58.4 Å². The van der Waals surface area contributed by atoms with E-state index in [2.05, 4.69) is 25.8 Å². The van der Waals surface area contributed by atoms with E-state index < -0.39 is 5.91 Å². The predicted molar refractivity (Wildman–Crippen MR) is 108 cm³/mol. The van der Waals surface area contributed by atoms with Gasteiger partial charge in [0.05, 0.1) is 23.8 Å². The molecule has 11 heteroatoms. The highest BCUT2D eigenvalue weighted by atomic mass is 16.1. The number of anilines is 3. The molecule has 11 nitrogen and oxygen atoms in total. The van der Waals surface area contributed by atoms with Gasteiger partial charge in [-0.15, -0.1) is 0 Å². The van der Waals surface area contributed by atoms with Crippen LogP contribution in [0.4, 0.5) is 17.3 Å². The Hall–Kier alpha value is -4.15. The molecule has 1 amide bonds. The molecule has 0 saturated heterocycles. The molecular weight excluding hydrogens is 374 g/mol. The van der Waals surface area contributed by atoms with Crippen molar-refractivity contribution in [1.82, 2.24) is 28.9 Å². The first-order valence-corrected chi connectivity index (χ1v) is 8.73. The summed E-state index contributed by atoms with van der Waals surface area (Å²) in [4.78, 5) is 28.7. The largest absolute Gasteiger partial charge is 0.373 e. The van der Waals surface area contributed by atoms with Gasteiger partial charge in [0, 0.05) is 38.1 Å². The smallest absolute Gasteiger partial charge is 0.258 e. The van der Waals surface area contributed by atoms with Gasteiger partial charge in [-0.3, -0.25) is 18.8 Å². The SMILES string of the molecule is CNc1cc(Nc2cc(C)c(=O)n(-c3cnn(C)c3)c2)nc2c(C(N)=O)cnn12. The molecule has 0 spiro atoms. The van der Waals surface area contributed by atoms with E-state index in [4.69, 9.17) is 5.73 Å². The molecule has 0 atom stereocenters. The minimum Gasteiger partial charge on any atom is -0.373 e. The number of nitrogens with zero attached hydrogens (tertiary/aromatic N) is 6. The number of pyridine rings is 1. The van der Waals surface area contributed by atoms with Gasteiger partial charge in [-0.2, -0.15) is 14.7 Å². The Morgan fingerprint density at radius 3 is 2.62 bits per heavy atom. The van der Waals surface area contributed by atoms with Crippen LogP contribution in [-0.2, 0) is 7.05 Å². The van der Waals surface area contributed by atoms with Crippen molar-refractivity contribution in [2.45, 2.75) is 6.92 Å². The van der Waals surface area contributed by atoms with Gasteiger partial charge in [0.1, 0.15) is 17.2 Å². The molecule has 0 radical (unpaired) electrons. The molecule has 4 heterocycles. The maximum absolute atomic E-state index is 12.6. The van der Waals surface area contributed by atoms with Gasteiger partial charge in [-0.25, -0.2) is 4.98 Å². The molecule has 29 heavy (non-hydrogen) atoms. The number of rotatable bonds is 5. The Bertz CT molecular complexity index is 1300. The first-order chi connectivity index (χ1) is 13.9. The second kappa shape index (κ2) is 6.78. The number of carbonyl (C=O) groups excluding carboxylic acids is 1. The fraction of sp³-hybridized carbons (Fsp3) is 0.167. The van der Waals surface area contributed by atoms with Gasteiger partial charge < -0.3 is 16.4 Å². The molecule has 0 fully saturated rings. The third-order valence-corrected chi connectivity index (χ3v) is 4.43. The normalized spacial score (nSPS) is 11.0. The molecule has 4 rings (SSSR count). The summed E-state index contributed by atoms with van der Waals surface area (Å²) in [7, 11) is 3.51. The summed E-state index contributed by atoms with van der Waals surface area (Å²) in [5.74, 6) is 0.454. The predicted octanol–water partition coefficient (Wildman–Crippen LogP) is 0.806. The molecule has 0 saturated carbocycles. The summed E-state index contributed by atoms with van der Waals surface area (Å²) in [6, 6.07) is 3.46. The highest BCUT2D eigenvalue weighted by Gasteiger charge is 2.15. The Morgan fingerprint density at radius 2 is 1.97 bits per heavy atom. The van der Waals surface area contributed by atoms with Crippen LogP contribution in [0.5, 0.6) is 0 Å². The lowest BCUT2D eigenvalue weighted by Crippen LogP contribution is -2.20. The van der Waals surface area contributed by atoms with E-state index in [-0.39, 0.29) is 11.1 Å². The van der Waals surface area contributed by atoms with E-state index in [0.29, 0.717) is 34.2 Å².